The van der Waals surface area contributed by atoms with E-state index < -0.39 is 5.97 Å². The number of benzene rings is 2. The first-order valence-electron chi connectivity index (χ1n) is 8.95. The summed E-state index contributed by atoms with van der Waals surface area (Å²) in [7, 11) is 0. The van der Waals surface area contributed by atoms with Crippen LogP contribution in [0.15, 0.2) is 54.6 Å². The molecule has 2 aromatic carbocycles. The predicted octanol–water partition coefficient (Wildman–Crippen LogP) is 4.15. The molecule has 0 aliphatic rings. The first-order valence-corrected chi connectivity index (χ1v) is 8.95. The zero-order valence-corrected chi connectivity index (χ0v) is 16.0. The van der Waals surface area contributed by atoms with Gasteiger partial charge in [-0.05, 0) is 50.2 Å². The summed E-state index contributed by atoms with van der Waals surface area (Å²) in [5.41, 5.74) is 1.77. The van der Waals surface area contributed by atoms with E-state index in [9.17, 15) is 14.7 Å². The molecule has 29 heavy (non-hydrogen) atoms. The number of para-hydroxylation sites is 1. The Morgan fingerprint density at radius 1 is 1.00 bits per heavy atom. The lowest BCUT2D eigenvalue weighted by atomic mass is 10.2. The molecule has 0 spiro atoms. The number of anilines is 4. The Morgan fingerprint density at radius 3 is 2.31 bits per heavy atom. The Hall–Kier alpha value is -3.94. The van der Waals surface area contributed by atoms with E-state index in [-0.39, 0.29) is 11.5 Å². The molecule has 0 aliphatic heterocycles. The van der Waals surface area contributed by atoms with Crippen LogP contribution in [0.5, 0.6) is 0 Å². The van der Waals surface area contributed by atoms with E-state index in [1.54, 1.807) is 62.4 Å². The van der Waals surface area contributed by atoms with Gasteiger partial charge >= 0.3 is 11.9 Å². The van der Waals surface area contributed by atoms with E-state index in [0.29, 0.717) is 35.3 Å². The molecule has 3 rings (SSSR count). The van der Waals surface area contributed by atoms with Gasteiger partial charge in [0, 0.05) is 11.8 Å². The van der Waals surface area contributed by atoms with E-state index in [2.05, 4.69) is 20.6 Å². The highest BCUT2D eigenvalue weighted by Crippen LogP contribution is 2.23. The van der Waals surface area contributed by atoms with Gasteiger partial charge < -0.3 is 20.5 Å². The number of ether oxygens (including phenoxy) is 1. The third-order valence-electron chi connectivity index (χ3n) is 3.93. The van der Waals surface area contributed by atoms with Crippen molar-refractivity contribution in [1.29, 1.82) is 0 Å². The highest BCUT2D eigenvalue weighted by atomic mass is 16.5. The van der Waals surface area contributed by atoms with Gasteiger partial charge in [-0.2, -0.15) is 0 Å². The number of carbonyl (C=O) groups is 2. The number of aryl methyl sites for hydroxylation is 1. The van der Waals surface area contributed by atoms with Crippen molar-refractivity contribution >= 4 is 34.9 Å². The summed E-state index contributed by atoms with van der Waals surface area (Å²) in [5.74, 6) is 0.0846. The minimum Gasteiger partial charge on any atom is -0.478 e. The van der Waals surface area contributed by atoms with Crippen LogP contribution in [0.3, 0.4) is 0 Å². The second-order valence-corrected chi connectivity index (χ2v) is 6.08. The number of carboxylic acid groups (broad SMARTS) is 1. The van der Waals surface area contributed by atoms with Gasteiger partial charge in [-0.3, -0.25) is 0 Å². The fraction of sp³-hybridized carbons (Fsp3) is 0.143. The standard InChI is InChI=1S/C21H20N4O4/c1-3-29-21(28)14-8-10-15(11-9-14)24-18-12-19(23-13(2)22-18)25-17-7-5-4-6-16(17)20(26)27/h4-12H,3H2,1-2H3,(H,26,27)(H2,22,23,24,25). The third kappa shape index (κ3) is 5.07. The molecule has 0 radical (unpaired) electrons. The number of carbonyl (C=O) groups excluding carboxylic acids is 1. The molecule has 1 heterocycles. The van der Waals surface area contributed by atoms with Gasteiger partial charge in [0.25, 0.3) is 0 Å². The number of nitrogens with zero attached hydrogens (tertiary/aromatic N) is 2. The van der Waals surface area contributed by atoms with Crippen molar-refractivity contribution in [1.82, 2.24) is 9.97 Å². The minimum atomic E-state index is -1.03. The van der Waals surface area contributed by atoms with Crippen LogP contribution >= 0.6 is 0 Å². The number of hydrogen-bond acceptors (Lipinski definition) is 7. The van der Waals surface area contributed by atoms with Gasteiger partial charge in [-0.25, -0.2) is 19.6 Å². The molecule has 0 bridgehead atoms. The second-order valence-electron chi connectivity index (χ2n) is 6.08. The Kier molecular flexibility index (Phi) is 6.03. The lowest BCUT2D eigenvalue weighted by Crippen LogP contribution is -2.06. The van der Waals surface area contributed by atoms with E-state index >= 15 is 0 Å². The predicted molar refractivity (Wildman–Crippen MR) is 109 cm³/mol. The van der Waals surface area contributed by atoms with Gasteiger partial charge in [-0.15, -0.1) is 0 Å². The first-order chi connectivity index (χ1) is 14.0. The van der Waals surface area contributed by atoms with Crippen LogP contribution < -0.4 is 10.6 Å². The molecule has 0 saturated heterocycles. The van der Waals surface area contributed by atoms with Crippen LogP contribution in [0.25, 0.3) is 0 Å². The van der Waals surface area contributed by atoms with E-state index in [0.717, 1.165) is 5.69 Å². The van der Waals surface area contributed by atoms with E-state index in [1.165, 1.54) is 6.07 Å². The molecule has 3 N–H and O–H groups in total. The molecule has 148 valence electrons. The van der Waals surface area contributed by atoms with Crippen molar-refractivity contribution in [2.75, 3.05) is 17.2 Å². The molecule has 0 unspecified atom stereocenters. The number of aromatic carboxylic acids is 1. The number of nitrogens with one attached hydrogen (secondary N) is 2. The van der Waals surface area contributed by atoms with Crippen LogP contribution in [0.2, 0.25) is 0 Å². The summed E-state index contributed by atoms with van der Waals surface area (Å²) < 4.78 is 4.97. The van der Waals surface area contributed by atoms with Crippen molar-refractivity contribution in [2.45, 2.75) is 13.8 Å². The molecular formula is C21H20N4O4. The summed E-state index contributed by atoms with van der Waals surface area (Å²) >= 11 is 0. The minimum absolute atomic E-state index is 0.146. The van der Waals surface area contributed by atoms with Gasteiger partial charge in [0.05, 0.1) is 23.4 Å². The SMILES string of the molecule is CCOC(=O)c1ccc(Nc2cc(Nc3ccccc3C(=O)O)nc(C)n2)cc1. The lowest BCUT2D eigenvalue weighted by molar-refractivity contribution is 0.0526. The average molecular weight is 392 g/mol. The molecule has 0 atom stereocenters. The normalized spacial score (nSPS) is 10.3. The quantitative estimate of drug-likeness (QED) is 0.514. The van der Waals surface area contributed by atoms with Gasteiger partial charge in [0.15, 0.2) is 0 Å². The van der Waals surface area contributed by atoms with Crippen molar-refractivity contribution in [3.63, 3.8) is 0 Å². The van der Waals surface area contributed by atoms with Crippen molar-refractivity contribution in [2.24, 2.45) is 0 Å². The number of esters is 1. The summed E-state index contributed by atoms with van der Waals surface area (Å²) in [6, 6.07) is 15.1. The third-order valence-corrected chi connectivity index (χ3v) is 3.93. The molecule has 1 aromatic heterocycles. The Balaban J connectivity index is 1.79. The average Bonchev–Trinajstić information content (AvgIpc) is 2.68. The van der Waals surface area contributed by atoms with Crippen LogP contribution in [-0.2, 0) is 4.74 Å². The van der Waals surface area contributed by atoms with Crippen LogP contribution in [0.1, 0.15) is 33.5 Å². The van der Waals surface area contributed by atoms with Gasteiger partial charge in [-0.1, -0.05) is 12.1 Å². The highest BCUT2D eigenvalue weighted by Gasteiger charge is 2.11. The van der Waals surface area contributed by atoms with Crippen LogP contribution in [-0.4, -0.2) is 33.6 Å². The summed E-state index contributed by atoms with van der Waals surface area (Å²) in [6.07, 6.45) is 0. The van der Waals surface area contributed by atoms with Crippen LogP contribution in [0.4, 0.5) is 23.0 Å². The molecule has 3 aromatic rings. The molecule has 8 nitrogen and oxygen atoms in total. The molecule has 0 aliphatic carbocycles. The second kappa shape index (κ2) is 8.83. The maximum absolute atomic E-state index is 11.7. The molecular weight excluding hydrogens is 372 g/mol. The van der Waals surface area contributed by atoms with E-state index in [1.807, 2.05) is 0 Å². The van der Waals surface area contributed by atoms with Crippen molar-refractivity contribution in [3.8, 4) is 0 Å². The monoisotopic (exact) mass is 392 g/mol. The Morgan fingerprint density at radius 2 is 1.66 bits per heavy atom. The Labute approximate surface area is 167 Å². The smallest absolute Gasteiger partial charge is 0.338 e. The summed E-state index contributed by atoms with van der Waals surface area (Å²) in [5, 5.41) is 15.5. The highest BCUT2D eigenvalue weighted by molar-refractivity contribution is 5.95. The number of aromatic nitrogens is 2. The number of carboxylic acids is 1. The van der Waals surface area contributed by atoms with Crippen LogP contribution in [0, 0.1) is 6.92 Å². The number of hydrogen-bond donors (Lipinski definition) is 3. The largest absolute Gasteiger partial charge is 0.478 e. The summed E-state index contributed by atoms with van der Waals surface area (Å²) in [4.78, 5) is 31.8. The van der Waals surface area contributed by atoms with Crippen molar-refractivity contribution < 1.29 is 19.4 Å². The zero-order valence-electron chi connectivity index (χ0n) is 16.0. The fourth-order valence-electron chi connectivity index (χ4n) is 2.66. The first kappa shape index (κ1) is 19.8. The van der Waals surface area contributed by atoms with Crippen molar-refractivity contribution in [3.05, 3.63) is 71.5 Å². The van der Waals surface area contributed by atoms with Gasteiger partial charge in [0.2, 0.25) is 0 Å². The topological polar surface area (TPSA) is 113 Å². The lowest BCUT2D eigenvalue weighted by Gasteiger charge is -2.12. The maximum Gasteiger partial charge on any atom is 0.338 e. The molecule has 0 saturated carbocycles. The summed E-state index contributed by atoms with van der Waals surface area (Å²) in [6.45, 7) is 3.81. The Bertz CT molecular complexity index is 1040. The maximum atomic E-state index is 11.7. The fourth-order valence-corrected chi connectivity index (χ4v) is 2.66. The van der Waals surface area contributed by atoms with E-state index in [4.69, 9.17) is 4.74 Å². The molecule has 8 heteroatoms. The molecule has 0 fully saturated rings. The number of rotatable bonds is 7. The molecule has 0 amide bonds. The van der Waals surface area contributed by atoms with Gasteiger partial charge in [0.1, 0.15) is 17.5 Å². The zero-order chi connectivity index (χ0) is 20.8.